The van der Waals surface area contributed by atoms with Gasteiger partial charge >= 0.3 is 0 Å². The molecule has 3 nitrogen and oxygen atoms in total. The summed E-state index contributed by atoms with van der Waals surface area (Å²) in [6.07, 6.45) is 3.74. The van der Waals surface area contributed by atoms with Gasteiger partial charge in [0, 0.05) is 13.2 Å². The number of hydrogen-bond acceptors (Lipinski definition) is 3. The van der Waals surface area contributed by atoms with Crippen LogP contribution in [0.2, 0.25) is 0 Å². The fourth-order valence-electron chi connectivity index (χ4n) is 1.59. The normalized spacial score (nSPS) is 10.9. The highest BCUT2D eigenvalue weighted by molar-refractivity contribution is 7.99. The number of aromatic nitrogens is 2. The van der Waals surface area contributed by atoms with Gasteiger partial charge in [-0.1, -0.05) is 11.8 Å². The first-order valence-corrected chi connectivity index (χ1v) is 6.26. The van der Waals surface area contributed by atoms with Gasteiger partial charge in [0.05, 0.1) is 16.0 Å². The summed E-state index contributed by atoms with van der Waals surface area (Å²) in [5.74, 6) is -1.13. The minimum atomic E-state index is -0.563. The second kappa shape index (κ2) is 5.49. The maximum absolute atomic E-state index is 13.8. The topological polar surface area (TPSA) is 43.8 Å². The lowest BCUT2D eigenvalue weighted by Gasteiger charge is -2.06. The van der Waals surface area contributed by atoms with Crippen LogP contribution in [-0.4, -0.2) is 16.3 Å². The van der Waals surface area contributed by atoms with Crippen molar-refractivity contribution in [3.63, 3.8) is 0 Å². The van der Waals surface area contributed by atoms with E-state index < -0.39 is 11.6 Å². The standard InChI is InChI=1S/C12H13F2N3S/c1-17-7-9(6-16-17)18-12-10(13)4-8(2-3-15)5-11(12)14/h4-7H,2-3,15H2,1H3. The molecule has 18 heavy (non-hydrogen) atoms. The number of hydrogen-bond donors (Lipinski definition) is 1. The van der Waals surface area contributed by atoms with Crippen molar-refractivity contribution in [2.75, 3.05) is 6.54 Å². The Balaban J connectivity index is 2.28. The average molecular weight is 269 g/mol. The minimum Gasteiger partial charge on any atom is -0.330 e. The summed E-state index contributed by atoms with van der Waals surface area (Å²) >= 11 is 1.02. The molecule has 0 saturated carbocycles. The molecule has 0 bridgehead atoms. The molecule has 0 aliphatic carbocycles. The van der Waals surface area contributed by atoms with E-state index in [9.17, 15) is 8.78 Å². The molecule has 0 radical (unpaired) electrons. The van der Waals surface area contributed by atoms with Gasteiger partial charge in [0.25, 0.3) is 0 Å². The first-order chi connectivity index (χ1) is 8.60. The van der Waals surface area contributed by atoms with E-state index in [1.807, 2.05) is 0 Å². The van der Waals surface area contributed by atoms with Crippen LogP contribution < -0.4 is 5.73 Å². The van der Waals surface area contributed by atoms with E-state index in [0.29, 0.717) is 23.4 Å². The Hall–Kier alpha value is -1.40. The van der Waals surface area contributed by atoms with Gasteiger partial charge in [0.15, 0.2) is 0 Å². The van der Waals surface area contributed by atoms with Crippen molar-refractivity contribution in [1.82, 2.24) is 9.78 Å². The van der Waals surface area contributed by atoms with Gasteiger partial charge in [-0.25, -0.2) is 8.78 Å². The summed E-state index contributed by atoms with van der Waals surface area (Å²) in [5.41, 5.74) is 5.94. The van der Waals surface area contributed by atoms with Crippen LogP contribution in [0.1, 0.15) is 5.56 Å². The molecule has 0 aliphatic heterocycles. The van der Waals surface area contributed by atoms with Crippen LogP contribution in [-0.2, 0) is 13.5 Å². The minimum absolute atomic E-state index is 0.0104. The van der Waals surface area contributed by atoms with Crippen molar-refractivity contribution in [2.45, 2.75) is 16.2 Å². The highest BCUT2D eigenvalue weighted by Gasteiger charge is 2.13. The van der Waals surface area contributed by atoms with Gasteiger partial charge < -0.3 is 5.73 Å². The lowest BCUT2D eigenvalue weighted by molar-refractivity contribution is 0.537. The molecule has 0 spiro atoms. The monoisotopic (exact) mass is 269 g/mol. The van der Waals surface area contributed by atoms with E-state index in [4.69, 9.17) is 5.73 Å². The summed E-state index contributed by atoms with van der Waals surface area (Å²) in [6, 6.07) is 2.66. The Morgan fingerprint density at radius 3 is 2.50 bits per heavy atom. The first kappa shape index (κ1) is 13.0. The molecule has 0 atom stereocenters. The fourth-order valence-corrected chi connectivity index (χ4v) is 2.44. The summed E-state index contributed by atoms with van der Waals surface area (Å²) in [6.45, 7) is 0.369. The zero-order valence-corrected chi connectivity index (χ0v) is 10.7. The number of aryl methyl sites for hydroxylation is 1. The van der Waals surface area contributed by atoms with Crippen LogP contribution in [0.25, 0.3) is 0 Å². The van der Waals surface area contributed by atoms with Crippen molar-refractivity contribution in [1.29, 1.82) is 0 Å². The molecule has 0 aliphatic rings. The van der Waals surface area contributed by atoms with E-state index in [-0.39, 0.29) is 4.90 Å². The molecule has 1 heterocycles. The van der Waals surface area contributed by atoms with Gasteiger partial charge in [-0.15, -0.1) is 0 Å². The first-order valence-electron chi connectivity index (χ1n) is 5.44. The van der Waals surface area contributed by atoms with Crippen LogP contribution >= 0.6 is 11.8 Å². The van der Waals surface area contributed by atoms with Crippen LogP contribution in [0, 0.1) is 11.6 Å². The third-order valence-electron chi connectivity index (χ3n) is 2.39. The Kier molecular flexibility index (Phi) is 3.98. The average Bonchev–Trinajstić information content (AvgIpc) is 2.70. The highest BCUT2D eigenvalue weighted by Crippen LogP contribution is 2.32. The van der Waals surface area contributed by atoms with E-state index in [1.165, 1.54) is 12.1 Å². The molecular formula is C12H13F2N3S. The molecule has 0 amide bonds. The Morgan fingerprint density at radius 1 is 1.33 bits per heavy atom. The fraction of sp³-hybridized carbons (Fsp3) is 0.250. The number of nitrogens with zero attached hydrogens (tertiary/aromatic N) is 2. The van der Waals surface area contributed by atoms with E-state index in [1.54, 1.807) is 24.1 Å². The lowest BCUT2D eigenvalue weighted by atomic mass is 10.1. The van der Waals surface area contributed by atoms with Gasteiger partial charge in [0.1, 0.15) is 11.6 Å². The largest absolute Gasteiger partial charge is 0.330 e. The molecule has 1 aromatic carbocycles. The van der Waals surface area contributed by atoms with Crippen molar-refractivity contribution in [3.05, 3.63) is 41.7 Å². The molecular weight excluding hydrogens is 256 g/mol. The van der Waals surface area contributed by atoms with Crippen LogP contribution in [0.5, 0.6) is 0 Å². The van der Waals surface area contributed by atoms with E-state index in [0.717, 1.165) is 11.8 Å². The molecule has 0 unspecified atom stereocenters. The maximum atomic E-state index is 13.8. The number of halogens is 2. The smallest absolute Gasteiger partial charge is 0.140 e. The SMILES string of the molecule is Cn1cc(Sc2c(F)cc(CCN)cc2F)cn1. The summed E-state index contributed by atoms with van der Waals surface area (Å²) in [7, 11) is 1.75. The molecule has 6 heteroatoms. The van der Waals surface area contributed by atoms with Gasteiger partial charge in [-0.3, -0.25) is 4.68 Å². The number of nitrogens with two attached hydrogens (primary N) is 1. The third-order valence-corrected chi connectivity index (χ3v) is 3.43. The van der Waals surface area contributed by atoms with E-state index >= 15 is 0 Å². The Labute approximate surface area is 108 Å². The third kappa shape index (κ3) is 2.88. The zero-order chi connectivity index (χ0) is 13.1. The van der Waals surface area contributed by atoms with Gasteiger partial charge in [-0.05, 0) is 30.7 Å². The van der Waals surface area contributed by atoms with Gasteiger partial charge in [-0.2, -0.15) is 5.10 Å². The maximum Gasteiger partial charge on any atom is 0.140 e. The lowest BCUT2D eigenvalue weighted by Crippen LogP contribution is -2.04. The number of benzene rings is 1. The molecule has 2 aromatic rings. The van der Waals surface area contributed by atoms with Crippen LogP contribution in [0.15, 0.2) is 34.3 Å². The van der Waals surface area contributed by atoms with Gasteiger partial charge in [0.2, 0.25) is 0 Å². The second-order valence-electron chi connectivity index (χ2n) is 3.88. The summed E-state index contributed by atoms with van der Waals surface area (Å²) < 4.78 is 29.2. The summed E-state index contributed by atoms with van der Waals surface area (Å²) in [4.78, 5) is 0.686. The summed E-state index contributed by atoms with van der Waals surface area (Å²) in [5, 5.41) is 3.95. The van der Waals surface area contributed by atoms with Crippen molar-refractivity contribution in [2.24, 2.45) is 12.8 Å². The van der Waals surface area contributed by atoms with E-state index in [2.05, 4.69) is 5.10 Å². The Bertz CT molecular complexity index is 531. The Morgan fingerprint density at radius 2 is 2.00 bits per heavy atom. The van der Waals surface area contributed by atoms with Crippen LogP contribution in [0.4, 0.5) is 8.78 Å². The van der Waals surface area contributed by atoms with Crippen LogP contribution in [0.3, 0.4) is 0 Å². The van der Waals surface area contributed by atoms with Crippen molar-refractivity contribution >= 4 is 11.8 Å². The quantitative estimate of drug-likeness (QED) is 0.926. The molecule has 0 saturated heterocycles. The predicted octanol–water partition coefficient (Wildman–Crippen LogP) is 2.35. The molecule has 96 valence electrons. The molecule has 2 rings (SSSR count). The van der Waals surface area contributed by atoms with Crippen molar-refractivity contribution in [3.8, 4) is 0 Å². The van der Waals surface area contributed by atoms with Crippen molar-refractivity contribution < 1.29 is 8.78 Å². The highest BCUT2D eigenvalue weighted by atomic mass is 32.2. The molecule has 1 aromatic heterocycles. The predicted molar refractivity (Wildman–Crippen MR) is 66.4 cm³/mol. The molecule has 2 N–H and O–H groups in total. The second-order valence-corrected chi connectivity index (χ2v) is 4.96. The zero-order valence-electron chi connectivity index (χ0n) is 9.86. The number of rotatable bonds is 4. The molecule has 0 fully saturated rings.